The zero-order valence-electron chi connectivity index (χ0n) is 12.9. The summed E-state index contributed by atoms with van der Waals surface area (Å²) in [5, 5.41) is 4.25. The second kappa shape index (κ2) is 7.72. The minimum absolute atomic E-state index is 0.699. The number of nitrogens with zero attached hydrogens (tertiary/aromatic N) is 3. The van der Waals surface area contributed by atoms with Gasteiger partial charge in [0, 0.05) is 25.2 Å². The van der Waals surface area contributed by atoms with E-state index in [9.17, 15) is 0 Å². The molecule has 5 heteroatoms. The Kier molecular flexibility index (Phi) is 5.95. The van der Waals surface area contributed by atoms with Gasteiger partial charge < -0.3 is 10.2 Å². The van der Waals surface area contributed by atoms with Crippen LogP contribution >= 0.6 is 11.8 Å². The highest BCUT2D eigenvalue weighted by molar-refractivity contribution is 7.98. The molecule has 1 aromatic heterocycles. The van der Waals surface area contributed by atoms with Crippen LogP contribution in [0.4, 0.5) is 11.6 Å². The number of hydrogen-bond donors (Lipinski definition) is 1. The molecule has 1 aromatic rings. The van der Waals surface area contributed by atoms with Crippen LogP contribution in [0, 0.1) is 0 Å². The SMILES string of the molecule is CCCCN(c1cc(NCCC)nc(SC)n1)C1CC1. The van der Waals surface area contributed by atoms with Gasteiger partial charge in [-0.2, -0.15) is 0 Å². The molecule has 1 N–H and O–H groups in total. The topological polar surface area (TPSA) is 41.0 Å². The van der Waals surface area contributed by atoms with Gasteiger partial charge in [0.2, 0.25) is 0 Å². The summed E-state index contributed by atoms with van der Waals surface area (Å²) in [7, 11) is 0. The van der Waals surface area contributed by atoms with E-state index in [1.165, 1.54) is 25.7 Å². The number of aromatic nitrogens is 2. The smallest absolute Gasteiger partial charge is 0.191 e. The van der Waals surface area contributed by atoms with Gasteiger partial charge in [0.25, 0.3) is 0 Å². The van der Waals surface area contributed by atoms with Gasteiger partial charge in [-0.15, -0.1) is 0 Å². The van der Waals surface area contributed by atoms with E-state index in [-0.39, 0.29) is 0 Å². The summed E-state index contributed by atoms with van der Waals surface area (Å²) in [5.74, 6) is 2.06. The summed E-state index contributed by atoms with van der Waals surface area (Å²) in [6.07, 6.45) is 8.21. The van der Waals surface area contributed by atoms with E-state index in [2.05, 4.69) is 35.1 Å². The first-order valence-corrected chi connectivity index (χ1v) is 8.94. The van der Waals surface area contributed by atoms with Crippen LogP contribution in [-0.4, -0.2) is 35.4 Å². The fraction of sp³-hybridized carbons (Fsp3) is 0.733. The molecule has 0 radical (unpaired) electrons. The Morgan fingerprint density at radius 1 is 1.30 bits per heavy atom. The molecular formula is C15H26N4S. The molecule has 0 aromatic carbocycles. The number of anilines is 2. The highest BCUT2D eigenvalue weighted by Gasteiger charge is 2.30. The van der Waals surface area contributed by atoms with Crippen molar-refractivity contribution in [3.8, 4) is 0 Å². The Balaban J connectivity index is 2.18. The van der Waals surface area contributed by atoms with Crippen molar-refractivity contribution in [2.75, 3.05) is 29.6 Å². The maximum Gasteiger partial charge on any atom is 0.191 e. The molecule has 0 atom stereocenters. The fourth-order valence-corrected chi connectivity index (χ4v) is 2.57. The van der Waals surface area contributed by atoms with Crippen molar-refractivity contribution in [2.45, 2.75) is 57.1 Å². The lowest BCUT2D eigenvalue weighted by Gasteiger charge is -2.24. The van der Waals surface area contributed by atoms with Crippen molar-refractivity contribution in [1.82, 2.24) is 9.97 Å². The Labute approximate surface area is 126 Å². The number of unbranched alkanes of at least 4 members (excludes halogenated alkanes) is 1. The van der Waals surface area contributed by atoms with Gasteiger partial charge in [-0.1, -0.05) is 32.0 Å². The van der Waals surface area contributed by atoms with E-state index in [0.29, 0.717) is 6.04 Å². The molecule has 1 fully saturated rings. The van der Waals surface area contributed by atoms with Gasteiger partial charge in [0.15, 0.2) is 5.16 Å². The minimum atomic E-state index is 0.699. The van der Waals surface area contributed by atoms with Crippen LogP contribution in [0.15, 0.2) is 11.2 Å². The average Bonchev–Trinajstić information content (AvgIpc) is 3.30. The van der Waals surface area contributed by atoms with Crippen LogP contribution in [0.5, 0.6) is 0 Å². The van der Waals surface area contributed by atoms with E-state index in [1.807, 2.05) is 6.26 Å². The first-order chi connectivity index (χ1) is 9.78. The first kappa shape index (κ1) is 15.4. The lowest BCUT2D eigenvalue weighted by Crippen LogP contribution is -2.28. The lowest BCUT2D eigenvalue weighted by molar-refractivity contribution is 0.698. The summed E-state index contributed by atoms with van der Waals surface area (Å²) in [6.45, 7) is 6.48. The second-order valence-corrected chi connectivity index (χ2v) is 6.08. The van der Waals surface area contributed by atoms with Crippen LogP contribution < -0.4 is 10.2 Å². The Hall–Kier alpha value is -0.970. The summed E-state index contributed by atoms with van der Waals surface area (Å²) in [4.78, 5) is 11.7. The third kappa shape index (κ3) is 4.27. The molecule has 112 valence electrons. The van der Waals surface area contributed by atoms with Crippen LogP contribution in [0.25, 0.3) is 0 Å². The Morgan fingerprint density at radius 3 is 2.70 bits per heavy atom. The molecule has 1 heterocycles. The molecule has 2 rings (SSSR count). The zero-order chi connectivity index (χ0) is 14.4. The van der Waals surface area contributed by atoms with Crippen molar-refractivity contribution >= 4 is 23.4 Å². The van der Waals surface area contributed by atoms with Crippen LogP contribution in [0.3, 0.4) is 0 Å². The van der Waals surface area contributed by atoms with E-state index >= 15 is 0 Å². The minimum Gasteiger partial charge on any atom is -0.370 e. The average molecular weight is 294 g/mol. The molecule has 1 saturated carbocycles. The standard InChI is InChI=1S/C15H26N4S/c1-4-6-10-19(12-7-8-12)14-11-13(16-9-5-2)17-15(18-14)20-3/h11-12H,4-10H2,1-3H3,(H,16,17,18). The second-order valence-electron chi connectivity index (χ2n) is 5.30. The maximum atomic E-state index is 4.71. The largest absolute Gasteiger partial charge is 0.370 e. The number of hydrogen-bond acceptors (Lipinski definition) is 5. The molecule has 20 heavy (non-hydrogen) atoms. The van der Waals surface area contributed by atoms with E-state index in [0.717, 1.165) is 36.3 Å². The van der Waals surface area contributed by atoms with Crippen molar-refractivity contribution in [3.63, 3.8) is 0 Å². The van der Waals surface area contributed by atoms with E-state index in [1.54, 1.807) is 11.8 Å². The maximum absolute atomic E-state index is 4.71. The first-order valence-electron chi connectivity index (χ1n) is 7.72. The summed E-state index contributed by atoms with van der Waals surface area (Å²) in [5.41, 5.74) is 0. The predicted octanol–water partition coefficient (Wildman–Crippen LogP) is 3.79. The zero-order valence-corrected chi connectivity index (χ0v) is 13.7. The number of rotatable bonds is 9. The Morgan fingerprint density at radius 2 is 2.10 bits per heavy atom. The fourth-order valence-electron chi connectivity index (χ4n) is 2.19. The lowest BCUT2D eigenvalue weighted by atomic mass is 10.3. The third-order valence-electron chi connectivity index (χ3n) is 3.47. The van der Waals surface area contributed by atoms with Gasteiger partial charge >= 0.3 is 0 Å². The van der Waals surface area contributed by atoms with Crippen LogP contribution in [0.2, 0.25) is 0 Å². The van der Waals surface area contributed by atoms with Gasteiger partial charge in [0.1, 0.15) is 11.6 Å². The molecular weight excluding hydrogens is 268 g/mol. The summed E-state index contributed by atoms with van der Waals surface area (Å²) < 4.78 is 0. The highest BCUT2D eigenvalue weighted by Crippen LogP contribution is 2.32. The molecule has 0 saturated heterocycles. The Bertz CT molecular complexity index is 420. The van der Waals surface area contributed by atoms with Crippen LogP contribution in [-0.2, 0) is 0 Å². The summed E-state index contributed by atoms with van der Waals surface area (Å²) in [6, 6.07) is 2.81. The molecule has 0 unspecified atom stereocenters. The van der Waals surface area contributed by atoms with E-state index in [4.69, 9.17) is 4.98 Å². The highest BCUT2D eigenvalue weighted by atomic mass is 32.2. The van der Waals surface area contributed by atoms with Crippen molar-refractivity contribution in [1.29, 1.82) is 0 Å². The quantitative estimate of drug-likeness (QED) is 0.554. The predicted molar refractivity (Wildman–Crippen MR) is 87.9 cm³/mol. The molecule has 0 aliphatic heterocycles. The molecule has 4 nitrogen and oxygen atoms in total. The monoisotopic (exact) mass is 294 g/mol. The molecule has 1 aliphatic carbocycles. The van der Waals surface area contributed by atoms with Crippen LogP contribution in [0.1, 0.15) is 46.0 Å². The van der Waals surface area contributed by atoms with Crippen molar-refractivity contribution < 1.29 is 0 Å². The van der Waals surface area contributed by atoms with Gasteiger partial charge in [-0.05, 0) is 31.9 Å². The van der Waals surface area contributed by atoms with Gasteiger partial charge in [0.05, 0.1) is 0 Å². The molecule has 0 bridgehead atoms. The third-order valence-corrected chi connectivity index (χ3v) is 4.01. The number of nitrogens with one attached hydrogen (secondary N) is 1. The molecule has 0 spiro atoms. The van der Waals surface area contributed by atoms with Crippen molar-refractivity contribution in [2.24, 2.45) is 0 Å². The van der Waals surface area contributed by atoms with E-state index < -0.39 is 0 Å². The number of thioether (sulfide) groups is 1. The normalized spacial score (nSPS) is 14.3. The van der Waals surface area contributed by atoms with Gasteiger partial charge in [-0.3, -0.25) is 0 Å². The molecule has 1 aliphatic rings. The molecule has 0 amide bonds. The van der Waals surface area contributed by atoms with Gasteiger partial charge in [-0.25, -0.2) is 9.97 Å². The summed E-state index contributed by atoms with van der Waals surface area (Å²) >= 11 is 1.62. The van der Waals surface area contributed by atoms with Crippen molar-refractivity contribution in [3.05, 3.63) is 6.07 Å².